The average molecular weight is 272 g/mol. The molecule has 1 aromatic heterocycles. The van der Waals surface area contributed by atoms with Gasteiger partial charge in [0.05, 0.1) is 18.3 Å². The minimum Gasteiger partial charge on any atom is -0.306 e. The number of benzene rings is 1. The quantitative estimate of drug-likeness (QED) is 0.528. The molecule has 0 bridgehead atoms. The standard InChI is InChI=1S/C13H12N4O3/c18-11-7-10(15-13(20)16-11)8-14-17-12(19)6-9-4-2-1-3-5-9/h1-5,7-8H,6H2,(H,17,19)(H2,15,16,18,20)/b14-8+. The molecule has 1 heterocycles. The summed E-state index contributed by atoms with van der Waals surface area (Å²) in [6.45, 7) is 0. The van der Waals surface area contributed by atoms with Gasteiger partial charge in [-0.25, -0.2) is 10.2 Å². The third-order valence-corrected chi connectivity index (χ3v) is 2.38. The van der Waals surface area contributed by atoms with E-state index in [2.05, 4.69) is 15.5 Å². The number of aromatic nitrogens is 2. The summed E-state index contributed by atoms with van der Waals surface area (Å²) >= 11 is 0. The highest BCUT2D eigenvalue weighted by atomic mass is 16.2. The van der Waals surface area contributed by atoms with E-state index in [1.807, 2.05) is 35.3 Å². The predicted molar refractivity (Wildman–Crippen MR) is 73.6 cm³/mol. The maximum absolute atomic E-state index is 11.6. The van der Waals surface area contributed by atoms with E-state index in [4.69, 9.17) is 0 Å². The number of nitrogens with one attached hydrogen (secondary N) is 3. The van der Waals surface area contributed by atoms with Gasteiger partial charge in [0.1, 0.15) is 0 Å². The number of carbonyl (C=O) groups excluding carboxylic acids is 1. The van der Waals surface area contributed by atoms with Gasteiger partial charge in [-0.2, -0.15) is 5.10 Å². The lowest BCUT2D eigenvalue weighted by Gasteiger charge is -1.99. The Morgan fingerprint density at radius 1 is 1.20 bits per heavy atom. The van der Waals surface area contributed by atoms with Crippen molar-refractivity contribution in [2.45, 2.75) is 6.42 Å². The number of hydrazone groups is 1. The van der Waals surface area contributed by atoms with Crippen LogP contribution in [-0.2, 0) is 11.2 Å². The number of nitrogens with zero attached hydrogens (tertiary/aromatic N) is 1. The summed E-state index contributed by atoms with van der Waals surface area (Å²) < 4.78 is 0. The van der Waals surface area contributed by atoms with Crippen LogP contribution in [-0.4, -0.2) is 22.1 Å². The van der Waals surface area contributed by atoms with Gasteiger partial charge in [0.2, 0.25) is 5.91 Å². The number of amides is 1. The van der Waals surface area contributed by atoms with Crippen LogP contribution in [0.2, 0.25) is 0 Å². The van der Waals surface area contributed by atoms with E-state index in [9.17, 15) is 14.4 Å². The number of H-pyrrole nitrogens is 2. The Hall–Kier alpha value is -2.96. The minimum atomic E-state index is -0.630. The molecule has 0 aliphatic heterocycles. The molecule has 102 valence electrons. The van der Waals surface area contributed by atoms with Gasteiger partial charge in [-0.05, 0) is 5.56 Å². The van der Waals surface area contributed by atoms with Crippen molar-refractivity contribution in [3.05, 3.63) is 68.5 Å². The molecule has 0 unspecified atom stereocenters. The van der Waals surface area contributed by atoms with Gasteiger partial charge >= 0.3 is 5.69 Å². The molecule has 2 aromatic rings. The van der Waals surface area contributed by atoms with Gasteiger partial charge in [0.15, 0.2) is 0 Å². The Morgan fingerprint density at radius 2 is 1.95 bits per heavy atom. The Bertz CT molecular complexity index is 703. The highest BCUT2D eigenvalue weighted by Crippen LogP contribution is 1.98. The van der Waals surface area contributed by atoms with Gasteiger partial charge in [-0.3, -0.25) is 14.6 Å². The van der Waals surface area contributed by atoms with Crippen LogP contribution < -0.4 is 16.7 Å². The fraction of sp³-hybridized carbons (Fsp3) is 0.0769. The summed E-state index contributed by atoms with van der Waals surface area (Å²) in [7, 11) is 0. The van der Waals surface area contributed by atoms with Crippen LogP contribution in [0, 0.1) is 0 Å². The van der Waals surface area contributed by atoms with Crippen LogP contribution in [0.5, 0.6) is 0 Å². The second-order valence-electron chi connectivity index (χ2n) is 4.00. The van der Waals surface area contributed by atoms with E-state index in [0.717, 1.165) is 11.6 Å². The normalized spacial score (nSPS) is 10.6. The van der Waals surface area contributed by atoms with Crippen LogP contribution in [0.4, 0.5) is 0 Å². The van der Waals surface area contributed by atoms with Crippen molar-refractivity contribution in [1.29, 1.82) is 0 Å². The van der Waals surface area contributed by atoms with Crippen molar-refractivity contribution in [1.82, 2.24) is 15.4 Å². The van der Waals surface area contributed by atoms with E-state index < -0.39 is 11.2 Å². The summed E-state index contributed by atoms with van der Waals surface area (Å²) in [4.78, 5) is 38.0. The lowest BCUT2D eigenvalue weighted by molar-refractivity contribution is -0.120. The van der Waals surface area contributed by atoms with Crippen LogP contribution >= 0.6 is 0 Å². The van der Waals surface area contributed by atoms with E-state index in [-0.39, 0.29) is 18.0 Å². The minimum absolute atomic E-state index is 0.198. The van der Waals surface area contributed by atoms with Gasteiger partial charge in [-0.1, -0.05) is 30.3 Å². The molecule has 0 aliphatic carbocycles. The third kappa shape index (κ3) is 4.05. The van der Waals surface area contributed by atoms with E-state index in [0.29, 0.717) is 0 Å². The van der Waals surface area contributed by atoms with Gasteiger partial charge < -0.3 is 4.98 Å². The zero-order chi connectivity index (χ0) is 14.4. The molecule has 0 radical (unpaired) electrons. The number of hydrogen-bond donors (Lipinski definition) is 3. The zero-order valence-electron chi connectivity index (χ0n) is 10.4. The number of aromatic amines is 2. The first-order valence-corrected chi connectivity index (χ1v) is 5.83. The Morgan fingerprint density at radius 3 is 2.65 bits per heavy atom. The molecule has 0 saturated carbocycles. The molecule has 0 fully saturated rings. The lowest BCUT2D eigenvalue weighted by Crippen LogP contribution is -2.24. The number of hydrogen-bond acceptors (Lipinski definition) is 4. The number of rotatable bonds is 4. The monoisotopic (exact) mass is 272 g/mol. The second kappa shape index (κ2) is 6.28. The molecule has 0 spiro atoms. The maximum Gasteiger partial charge on any atom is 0.326 e. The molecule has 0 aliphatic rings. The van der Waals surface area contributed by atoms with Gasteiger partial charge in [0.25, 0.3) is 5.56 Å². The van der Waals surface area contributed by atoms with E-state index >= 15 is 0 Å². The highest BCUT2D eigenvalue weighted by Gasteiger charge is 2.00. The molecular weight excluding hydrogens is 260 g/mol. The summed E-state index contributed by atoms with van der Waals surface area (Å²) in [6, 6.07) is 10.4. The Kier molecular flexibility index (Phi) is 4.23. The first-order valence-electron chi connectivity index (χ1n) is 5.83. The predicted octanol–water partition coefficient (Wildman–Crippen LogP) is -0.244. The van der Waals surface area contributed by atoms with Crippen LogP contribution in [0.1, 0.15) is 11.3 Å². The molecular formula is C13H12N4O3. The van der Waals surface area contributed by atoms with Crippen LogP contribution in [0.15, 0.2) is 51.1 Å². The van der Waals surface area contributed by atoms with Crippen molar-refractivity contribution in [2.75, 3.05) is 0 Å². The zero-order valence-corrected chi connectivity index (χ0v) is 10.4. The van der Waals surface area contributed by atoms with Gasteiger partial charge in [-0.15, -0.1) is 0 Å². The molecule has 1 amide bonds. The summed E-state index contributed by atoms with van der Waals surface area (Å²) in [5, 5.41) is 3.67. The Balaban J connectivity index is 1.94. The molecule has 20 heavy (non-hydrogen) atoms. The summed E-state index contributed by atoms with van der Waals surface area (Å²) in [5.74, 6) is -0.292. The summed E-state index contributed by atoms with van der Waals surface area (Å²) in [5.41, 5.74) is 2.22. The van der Waals surface area contributed by atoms with Crippen molar-refractivity contribution in [3.63, 3.8) is 0 Å². The fourth-order valence-electron chi connectivity index (χ4n) is 1.55. The van der Waals surface area contributed by atoms with E-state index in [1.165, 1.54) is 6.21 Å². The molecule has 7 heteroatoms. The SMILES string of the molecule is O=C(Cc1ccccc1)N/N=C/c1cc(=O)[nH]c(=O)[nH]1. The molecule has 3 N–H and O–H groups in total. The second-order valence-corrected chi connectivity index (χ2v) is 4.00. The van der Waals surface area contributed by atoms with Crippen LogP contribution in [0.25, 0.3) is 0 Å². The number of carbonyl (C=O) groups is 1. The summed E-state index contributed by atoms with van der Waals surface area (Å²) in [6.07, 6.45) is 1.39. The molecule has 2 rings (SSSR count). The molecule has 7 nitrogen and oxygen atoms in total. The maximum atomic E-state index is 11.6. The average Bonchev–Trinajstić information content (AvgIpc) is 2.38. The highest BCUT2D eigenvalue weighted by molar-refractivity contribution is 5.81. The first kappa shape index (κ1) is 13.5. The van der Waals surface area contributed by atoms with Crippen molar-refractivity contribution >= 4 is 12.1 Å². The lowest BCUT2D eigenvalue weighted by atomic mass is 10.1. The molecule has 0 saturated heterocycles. The van der Waals surface area contributed by atoms with Crippen molar-refractivity contribution in [3.8, 4) is 0 Å². The van der Waals surface area contributed by atoms with E-state index in [1.54, 1.807) is 0 Å². The molecule has 0 atom stereocenters. The first-order chi connectivity index (χ1) is 9.63. The van der Waals surface area contributed by atoms with Gasteiger partial charge in [0, 0.05) is 6.07 Å². The Labute approximate surface area is 113 Å². The smallest absolute Gasteiger partial charge is 0.306 e. The van der Waals surface area contributed by atoms with Crippen LogP contribution in [0.3, 0.4) is 0 Å². The van der Waals surface area contributed by atoms with Crippen molar-refractivity contribution < 1.29 is 4.79 Å². The third-order valence-electron chi connectivity index (χ3n) is 2.38. The largest absolute Gasteiger partial charge is 0.326 e. The molecule has 1 aromatic carbocycles. The fourth-order valence-corrected chi connectivity index (χ4v) is 1.55. The van der Waals surface area contributed by atoms with Crippen molar-refractivity contribution in [2.24, 2.45) is 5.10 Å². The topological polar surface area (TPSA) is 107 Å².